The minimum absolute atomic E-state index is 0.0155. The summed E-state index contributed by atoms with van der Waals surface area (Å²) in [6.45, 7) is 0. The van der Waals surface area contributed by atoms with Crippen LogP contribution in [-0.4, -0.2) is 15.3 Å². The number of hydrogen-bond donors (Lipinski definition) is 1. The molecule has 1 aromatic heterocycles. The minimum atomic E-state index is -0.714. The normalized spacial score (nSPS) is 10.7. The van der Waals surface area contributed by atoms with E-state index >= 15 is 0 Å². The molecule has 2 aromatic carbocycles. The molecule has 0 bridgehead atoms. The molecule has 1 heterocycles. The fourth-order valence-corrected chi connectivity index (χ4v) is 2.69. The Morgan fingerprint density at radius 2 is 1.74 bits per heavy atom. The van der Waals surface area contributed by atoms with E-state index in [0.29, 0.717) is 5.56 Å². The molecule has 0 aliphatic carbocycles. The van der Waals surface area contributed by atoms with Crippen LogP contribution in [0.1, 0.15) is 21.2 Å². The number of carbonyl (C=O) groups excluding carboxylic acids is 1. The molecule has 0 aliphatic rings. The van der Waals surface area contributed by atoms with Crippen molar-refractivity contribution in [2.24, 2.45) is 5.73 Å². The highest BCUT2D eigenvalue weighted by Crippen LogP contribution is 2.25. The quantitative estimate of drug-likeness (QED) is 0.798. The van der Waals surface area contributed by atoms with Gasteiger partial charge >= 0.3 is 0 Å². The molecule has 23 heavy (non-hydrogen) atoms. The SMILES string of the molecule is NC(=O)c1nc(Cc2c(F)cc(-c3ccccc3)cc2F)ns1. The van der Waals surface area contributed by atoms with Crippen molar-refractivity contribution in [1.29, 1.82) is 0 Å². The maximum Gasteiger partial charge on any atom is 0.279 e. The number of nitrogens with two attached hydrogens (primary N) is 1. The van der Waals surface area contributed by atoms with Crippen LogP contribution >= 0.6 is 11.5 Å². The fraction of sp³-hybridized carbons (Fsp3) is 0.0625. The molecule has 0 aliphatic heterocycles. The van der Waals surface area contributed by atoms with Crippen molar-refractivity contribution < 1.29 is 13.6 Å². The fourth-order valence-electron chi connectivity index (χ4n) is 2.15. The second-order valence-electron chi connectivity index (χ2n) is 4.84. The Labute approximate surface area is 134 Å². The van der Waals surface area contributed by atoms with Gasteiger partial charge in [0, 0.05) is 12.0 Å². The number of amides is 1. The Balaban J connectivity index is 1.92. The summed E-state index contributed by atoms with van der Waals surface area (Å²) in [4.78, 5) is 14.9. The van der Waals surface area contributed by atoms with Crippen LogP contribution in [0.2, 0.25) is 0 Å². The second-order valence-corrected chi connectivity index (χ2v) is 5.59. The van der Waals surface area contributed by atoms with E-state index in [1.54, 1.807) is 24.3 Å². The van der Waals surface area contributed by atoms with Gasteiger partial charge in [-0.15, -0.1) is 0 Å². The Hall–Kier alpha value is -2.67. The van der Waals surface area contributed by atoms with Crippen LogP contribution in [0.5, 0.6) is 0 Å². The van der Waals surface area contributed by atoms with Crippen LogP contribution in [-0.2, 0) is 6.42 Å². The molecular weight excluding hydrogens is 320 g/mol. The molecule has 4 nitrogen and oxygen atoms in total. The molecule has 3 rings (SSSR count). The Morgan fingerprint density at radius 3 is 2.30 bits per heavy atom. The van der Waals surface area contributed by atoms with Crippen LogP contribution in [0.3, 0.4) is 0 Å². The topological polar surface area (TPSA) is 68.9 Å². The second kappa shape index (κ2) is 6.21. The van der Waals surface area contributed by atoms with E-state index in [2.05, 4.69) is 9.36 Å². The van der Waals surface area contributed by atoms with Crippen LogP contribution < -0.4 is 5.73 Å². The van der Waals surface area contributed by atoms with Crippen molar-refractivity contribution in [3.63, 3.8) is 0 Å². The van der Waals surface area contributed by atoms with Crippen LogP contribution in [0, 0.1) is 11.6 Å². The van der Waals surface area contributed by atoms with Crippen molar-refractivity contribution in [2.75, 3.05) is 0 Å². The number of aromatic nitrogens is 2. The molecule has 3 aromatic rings. The van der Waals surface area contributed by atoms with Crippen LogP contribution in [0.25, 0.3) is 11.1 Å². The maximum absolute atomic E-state index is 14.3. The van der Waals surface area contributed by atoms with Gasteiger partial charge in [0.15, 0.2) is 0 Å². The zero-order valence-electron chi connectivity index (χ0n) is 11.8. The molecule has 7 heteroatoms. The van der Waals surface area contributed by atoms with Crippen molar-refractivity contribution in [3.8, 4) is 11.1 Å². The van der Waals surface area contributed by atoms with E-state index in [1.165, 1.54) is 12.1 Å². The smallest absolute Gasteiger partial charge is 0.279 e. The zero-order valence-corrected chi connectivity index (χ0v) is 12.6. The largest absolute Gasteiger partial charge is 0.363 e. The van der Waals surface area contributed by atoms with E-state index in [1.807, 2.05) is 6.07 Å². The number of benzene rings is 2. The van der Waals surface area contributed by atoms with Gasteiger partial charge < -0.3 is 5.73 Å². The van der Waals surface area contributed by atoms with Gasteiger partial charge in [-0.1, -0.05) is 30.3 Å². The number of carbonyl (C=O) groups is 1. The first-order valence-electron chi connectivity index (χ1n) is 6.70. The van der Waals surface area contributed by atoms with E-state index < -0.39 is 17.5 Å². The lowest BCUT2D eigenvalue weighted by Gasteiger charge is -2.07. The highest BCUT2D eigenvalue weighted by atomic mass is 32.1. The van der Waals surface area contributed by atoms with Gasteiger partial charge in [-0.3, -0.25) is 4.79 Å². The summed E-state index contributed by atoms with van der Waals surface area (Å²) in [6.07, 6.45) is -0.142. The predicted octanol–water partition coefficient (Wildman–Crippen LogP) is 3.17. The first-order chi connectivity index (χ1) is 11.0. The molecule has 0 fully saturated rings. The van der Waals surface area contributed by atoms with Gasteiger partial charge in [0.25, 0.3) is 5.91 Å². The highest BCUT2D eigenvalue weighted by Gasteiger charge is 2.16. The number of hydrogen-bond acceptors (Lipinski definition) is 4. The summed E-state index contributed by atoms with van der Waals surface area (Å²) in [6, 6.07) is 11.5. The first kappa shape index (κ1) is 15.2. The molecule has 116 valence electrons. The third-order valence-corrected chi connectivity index (χ3v) is 4.03. The maximum atomic E-state index is 14.3. The van der Waals surface area contributed by atoms with Crippen molar-refractivity contribution >= 4 is 17.4 Å². The van der Waals surface area contributed by atoms with Crippen molar-refractivity contribution in [2.45, 2.75) is 6.42 Å². The summed E-state index contributed by atoms with van der Waals surface area (Å²) < 4.78 is 32.4. The monoisotopic (exact) mass is 331 g/mol. The molecule has 1 amide bonds. The molecular formula is C16H11F2N3OS. The zero-order chi connectivity index (χ0) is 16.4. The Kier molecular flexibility index (Phi) is 4.12. The highest BCUT2D eigenvalue weighted by molar-refractivity contribution is 7.07. The number of nitrogens with zero attached hydrogens (tertiary/aromatic N) is 2. The van der Waals surface area contributed by atoms with Gasteiger partial charge in [0.1, 0.15) is 17.5 Å². The summed E-state index contributed by atoms with van der Waals surface area (Å²) >= 11 is 0.808. The number of primary amides is 1. The third kappa shape index (κ3) is 3.24. The molecule has 0 atom stereocenters. The summed E-state index contributed by atoms with van der Waals surface area (Å²) in [7, 11) is 0. The average Bonchev–Trinajstić information content (AvgIpc) is 3.00. The summed E-state index contributed by atoms with van der Waals surface area (Å²) in [5.41, 5.74) is 6.12. The first-order valence-corrected chi connectivity index (χ1v) is 7.47. The number of rotatable bonds is 4. The van der Waals surface area contributed by atoms with Crippen molar-refractivity contribution in [3.05, 3.63) is 70.5 Å². The predicted molar refractivity (Wildman–Crippen MR) is 83.0 cm³/mol. The molecule has 0 radical (unpaired) electrons. The van der Waals surface area contributed by atoms with Gasteiger partial charge in [0.2, 0.25) is 5.01 Å². The molecule has 0 spiro atoms. The lowest BCUT2D eigenvalue weighted by molar-refractivity contribution is 0.1000. The Morgan fingerprint density at radius 1 is 1.09 bits per heavy atom. The van der Waals surface area contributed by atoms with E-state index in [9.17, 15) is 13.6 Å². The van der Waals surface area contributed by atoms with Gasteiger partial charge in [-0.25, -0.2) is 13.8 Å². The molecule has 0 saturated carbocycles. The number of halogens is 2. The lowest BCUT2D eigenvalue weighted by atomic mass is 10.0. The third-order valence-electron chi connectivity index (χ3n) is 3.26. The Bertz CT molecular complexity index is 842. The van der Waals surface area contributed by atoms with Gasteiger partial charge in [-0.2, -0.15) is 4.37 Å². The van der Waals surface area contributed by atoms with Crippen LogP contribution in [0.4, 0.5) is 8.78 Å². The molecule has 2 N–H and O–H groups in total. The van der Waals surface area contributed by atoms with E-state index in [4.69, 9.17) is 5.73 Å². The molecule has 0 saturated heterocycles. The van der Waals surface area contributed by atoms with E-state index in [-0.39, 0.29) is 22.8 Å². The van der Waals surface area contributed by atoms with Crippen molar-refractivity contribution in [1.82, 2.24) is 9.36 Å². The minimum Gasteiger partial charge on any atom is -0.363 e. The van der Waals surface area contributed by atoms with E-state index in [0.717, 1.165) is 17.1 Å². The molecule has 0 unspecified atom stereocenters. The average molecular weight is 331 g/mol. The van der Waals surface area contributed by atoms with Gasteiger partial charge in [-0.05, 0) is 34.8 Å². The van der Waals surface area contributed by atoms with Crippen LogP contribution in [0.15, 0.2) is 42.5 Å². The van der Waals surface area contributed by atoms with Gasteiger partial charge in [0.05, 0.1) is 0 Å². The standard InChI is InChI=1S/C16H11F2N3OS/c17-12-6-10(9-4-2-1-3-5-9)7-13(18)11(12)8-14-20-16(15(19)22)23-21-14/h1-7H,8H2,(H2,19,22). The lowest BCUT2D eigenvalue weighted by Crippen LogP contribution is -2.10. The summed E-state index contributed by atoms with van der Waals surface area (Å²) in [5, 5.41) is 0.0155. The summed E-state index contributed by atoms with van der Waals surface area (Å²) in [5.74, 6) is -1.92.